The molecule has 24 heavy (non-hydrogen) atoms. The van der Waals surface area contributed by atoms with Crippen molar-refractivity contribution in [2.24, 2.45) is 0 Å². The number of ether oxygens (including phenoxy) is 1. The quantitative estimate of drug-likeness (QED) is 0.867. The fourth-order valence-electron chi connectivity index (χ4n) is 2.27. The molecule has 0 radical (unpaired) electrons. The summed E-state index contributed by atoms with van der Waals surface area (Å²) in [5, 5.41) is 0.0963. The highest BCUT2D eigenvalue weighted by Gasteiger charge is 2.24. The highest BCUT2D eigenvalue weighted by atomic mass is 35.5. The number of anilines is 2. The molecule has 2 aromatic carbocycles. The summed E-state index contributed by atoms with van der Waals surface area (Å²) in [5.41, 5.74) is 0.832. The van der Waals surface area contributed by atoms with Crippen molar-refractivity contribution in [1.82, 2.24) is 0 Å². The summed E-state index contributed by atoms with van der Waals surface area (Å²) in [5.74, 6) is 0. The average Bonchev–Trinajstić information content (AvgIpc) is 2.96. The zero-order valence-electron chi connectivity index (χ0n) is 12.2. The first-order valence-electron chi connectivity index (χ1n) is 6.90. The third-order valence-electron chi connectivity index (χ3n) is 3.38. The number of hydrogen-bond donors (Lipinski definition) is 1. The van der Waals surface area contributed by atoms with Crippen LogP contribution < -0.4 is 9.62 Å². The lowest BCUT2D eigenvalue weighted by Crippen LogP contribution is -2.23. The molecule has 1 aliphatic rings. The highest BCUT2D eigenvalue weighted by molar-refractivity contribution is 7.92. The van der Waals surface area contributed by atoms with Crippen molar-refractivity contribution in [1.29, 1.82) is 0 Å². The van der Waals surface area contributed by atoms with Crippen LogP contribution in [0.3, 0.4) is 0 Å². The monoisotopic (exact) mass is 386 g/mol. The van der Waals surface area contributed by atoms with E-state index in [4.69, 9.17) is 27.9 Å². The Kier molecular flexibility index (Phi) is 4.58. The molecule has 3 rings (SSSR count). The molecule has 0 atom stereocenters. The first kappa shape index (κ1) is 16.9. The lowest BCUT2D eigenvalue weighted by molar-refractivity contribution is 0.181. The van der Waals surface area contributed by atoms with Gasteiger partial charge in [0.15, 0.2) is 0 Å². The molecular weight excluding hydrogens is 375 g/mol. The summed E-state index contributed by atoms with van der Waals surface area (Å²) in [6.45, 7) is 0.710. The molecule has 0 saturated carbocycles. The van der Waals surface area contributed by atoms with Gasteiger partial charge in [-0.1, -0.05) is 35.3 Å². The summed E-state index contributed by atoms with van der Waals surface area (Å²) in [4.78, 5) is 12.9. The third-order valence-corrected chi connectivity index (χ3v) is 5.73. The Balaban J connectivity index is 1.90. The molecule has 0 aliphatic carbocycles. The van der Waals surface area contributed by atoms with Gasteiger partial charge in [0, 0.05) is 5.69 Å². The lowest BCUT2D eigenvalue weighted by Gasteiger charge is -2.15. The number of nitrogens with one attached hydrogen (secondary N) is 1. The number of sulfonamides is 1. The number of nitrogens with zero attached hydrogens (tertiary/aromatic N) is 1. The average molecular weight is 387 g/mol. The van der Waals surface area contributed by atoms with Crippen molar-refractivity contribution in [3.05, 3.63) is 52.5 Å². The van der Waals surface area contributed by atoms with Crippen LogP contribution in [0.15, 0.2) is 47.4 Å². The topological polar surface area (TPSA) is 75.7 Å². The first-order valence-corrected chi connectivity index (χ1v) is 9.13. The molecule has 0 aromatic heterocycles. The highest BCUT2D eigenvalue weighted by Crippen LogP contribution is 2.31. The van der Waals surface area contributed by atoms with Gasteiger partial charge in [0.1, 0.15) is 11.5 Å². The van der Waals surface area contributed by atoms with Crippen LogP contribution in [-0.2, 0) is 14.8 Å². The standard InChI is InChI=1S/C15H12Cl2N2O4S/c16-12-5-2-6-13(14(12)17)24(21,22)18-10-3-1-4-11(9-10)19-7-8-23-15(19)20/h1-6,9,18H,7-8H2. The van der Waals surface area contributed by atoms with Gasteiger partial charge in [-0.05, 0) is 30.3 Å². The lowest BCUT2D eigenvalue weighted by atomic mass is 10.2. The first-order chi connectivity index (χ1) is 11.4. The van der Waals surface area contributed by atoms with E-state index in [2.05, 4.69) is 4.72 Å². The Labute approximate surface area is 149 Å². The van der Waals surface area contributed by atoms with E-state index in [-0.39, 0.29) is 14.9 Å². The zero-order valence-corrected chi connectivity index (χ0v) is 14.5. The molecule has 0 spiro atoms. The van der Waals surface area contributed by atoms with Gasteiger partial charge in [-0.2, -0.15) is 0 Å². The van der Waals surface area contributed by atoms with Gasteiger partial charge in [-0.3, -0.25) is 9.62 Å². The maximum atomic E-state index is 12.5. The number of carbonyl (C=O) groups excluding carboxylic acids is 1. The van der Waals surface area contributed by atoms with Gasteiger partial charge in [0.2, 0.25) is 0 Å². The largest absolute Gasteiger partial charge is 0.447 e. The van der Waals surface area contributed by atoms with Crippen molar-refractivity contribution in [2.45, 2.75) is 4.90 Å². The second-order valence-electron chi connectivity index (χ2n) is 4.97. The SMILES string of the molecule is O=C1OCCN1c1cccc(NS(=O)(=O)c2cccc(Cl)c2Cl)c1. The Morgan fingerprint density at radius 1 is 1.12 bits per heavy atom. The molecule has 9 heteroatoms. The van der Waals surface area contributed by atoms with Gasteiger partial charge in [0.25, 0.3) is 10.0 Å². The summed E-state index contributed by atoms with van der Waals surface area (Å²) in [7, 11) is -3.92. The van der Waals surface area contributed by atoms with Crippen LogP contribution in [0.4, 0.5) is 16.2 Å². The van der Waals surface area contributed by atoms with Crippen LogP contribution in [0.25, 0.3) is 0 Å². The number of cyclic esters (lactones) is 1. The molecule has 1 fully saturated rings. The van der Waals surface area contributed by atoms with Crippen LogP contribution in [0.1, 0.15) is 0 Å². The minimum atomic E-state index is -3.92. The van der Waals surface area contributed by atoms with Crippen LogP contribution >= 0.6 is 23.2 Å². The summed E-state index contributed by atoms with van der Waals surface area (Å²) in [6.07, 6.45) is -0.465. The number of amides is 1. The summed E-state index contributed by atoms with van der Waals surface area (Å²) >= 11 is 11.8. The van der Waals surface area contributed by atoms with Crippen molar-refractivity contribution in [3.8, 4) is 0 Å². The minimum Gasteiger partial charge on any atom is -0.447 e. The van der Waals surface area contributed by atoms with Crippen molar-refractivity contribution < 1.29 is 17.9 Å². The Hall–Kier alpha value is -1.96. The molecular formula is C15H12Cl2N2O4S. The minimum absolute atomic E-state index is 0.0501. The molecule has 2 aromatic rings. The molecule has 1 heterocycles. The predicted octanol–water partition coefficient (Wildman–Crippen LogP) is 3.75. The van der Waals surface area contributed by atoms with Crippen molar-refractivity contribution in [2.75, 3.05) is 22.8 Å². The van der Waals surface area contributed by atoms with Gasteiger partial charge >= 0.3 is 6.09 Å². The van der Waals surface area contributed by atoms with Crippen LogP contribution in [0.5, 0.6) is 0 Å². The summed E-state index contributed by atoms with van der Waals surface area (Å²) in [6, 6.07) is 10.8. The maximum Gasteiger partial charge on any atom is 0.414 e. The van der Waals surface area contributed by atoms with E-state index < -0.39 is 16.1 Å². The fourth-order valence-corrected chi connectivity index (χ4v) is 4.08. The Morgan fingerprint density at radius 3 is 2.58 bits per heavy atom. The number of halogens is 2. The van der Waals surface area contributed by atoms with E-state index in [1.54, 1.807) is 24.3 Å². The second-order valence-corrected chi connectivity index (χ2v) is 7.41. The van der Waals surface area contributed by atoms with E-state index in [1.165, 1.54) is 23.1 Å². The van der Waals surface area contributed by atoms with Gasteiger partial charge in [-0.15, -0.1) is 0 Å². The molecule has 1 N–H and O–H groups in total. The molecule has 0 unspecified atom stereocenters. The molecule has 6 nitrogen and oxygen atoms in total. The second kappa shape index (κ2) is 6.51. The van der Waals surface area contributed by atoms with Crippen LogP contribution in [0, 0.1) is 0 Å². The van der Waals surface area contributed by atoms with Gasteiger partial charge in [0.05, 0.1) is 22.3 Å². The van der Waals surface area contributed by atoms with E-state index in [0.717, 1.165) is 0 Å². The number of carbonyl (C=O) groups is 1. The van der Waals surface area contributed by atoms with Crippen molar-refractivity contribution in [3.63, 3.8) is 0 Å². The van der Waals surface area contributed by atoms with Crippen LogP contribution in [-0.4, -0.2) is 27.7 Å². The van der Waals surface area contributed by atoms with E-state index in [0.29, 0.717) is 24.5 Å². The van der Waals surface area contributed by atoms with E-state index in [9.17, 15) is 13.2 Å². The normalized spacial score (nSPS) is 14.6. The Bertz CT molecular complexity index is 902. The maximum absolute atomic E-state index is 12.5. The number of benzene rings is 2. The van der Waals surface area contributed by atoms with Crippen LogP contribution in [0.2, 0.25) is 10.0 Å². The molecule has 1 aliphatic heterocycles. The number of hydrogen-bond acceptors (Lipinski definition) is 4. The number of rotatable bonds is 4. The van der Waals surface area contributed by atoms with Gasteiger partial charge in [-0.25, -0.2) is 13.2 Å². The molecule has 0 bridgehead atoms. The van der Waals surface area contributed by atoms with E-state index in [1.807, 2.05) is 0 Å². The molecule has 126 valence electrons. The predicted molar refractivity (Wildman–Crippen MR) is 92.4 cm³/mol. The third kappa shape index (κ3) is 3.28. The molecule has 1 saturated heterocycles. The zero-order chi connectivity index (χ0) is 17.3. The Morgan fingerprint density at radius 2 is 1.88 bits per heavy atom. The van der Waals surface area contributed by atoms with Crippen molar-refractivity contribution >= 4 is 50.7 Å². The molecule has 1 amide bonds. The smallest absolute Gasteiger partial charge is 0.414 e. The fraction of sp³-hybridized carbons (Fsp3) is 0.133. The summed E-state index contributed by atoms with van der Waals surface area (Å²) < 4.78 is 32.3. The van der Waals surface area contributed by atoms with E-state index >= 15 is 0 Å². The van der Waals surface area contributed by atoms with Gasteiger partial charge < -0.3 is 4.74 Å².